The summed E-state index contributed by atoms with van der Waals surface area (Å²) in [6.07, 6.45) is 0.934. The van der Waals surface area contributed by atoms with Gasteiger partial charge in [-0.05, 0) is 31.9 Å². The van der Waals surface area contributed by atoms with Gasteiger partial charge in [-0.2, -0.15) is 0 Å². The van der Waals surface area contributed by atoms with E-state index in [9.17, 15) is 0 Å². The van der Waals surface area contributed by atoms with Gasteiger partial charge in [0.05, 0.1) is 5.69 Å². The minimum absolute atomic E-state index is 0.571. The third-order valence-corrected chi connectivity index (χ3v) is 4.48. The van der Waals surface area contributed by atoms with E-state index in [4.69, 9.17) is 10.7 Å². The molecule has 0 aliphatic rings. The third-order valence-electron chi connectivity index (χ3n) is 3.29. The largest absolute Gasteiger partial charge is 0.326 e. The number of benzene rings is 1. The lowest BCUT2D eigenvalue weighted by molar-refractivity contribution is 0.981. The summed E-state index contributed by atoms with van der Waals surface area (Å²) < 4.78 is 0. The van der Waals surface area contributed by atoms with Crippen LogP contribution in [0.4, 0.5) is 10.8 Å². The summed E-state index contributed by atoms with van der Waals surface area (Å²) in [5, 5.41) is 1.02. The van der Waals surface area contributed by atoms with Crippen LogP contribution in [0.25, 0.3) is 0 Å². The lowest BCUT2D eigenvalue weighted by Crippen LogP contribution is -2.10. The van der Waals surface area contributed by atoms with Crippen molar-refractivity contribution < 1.29 is 0 Å². The fraction of sp³-hybridized carbons (Fsp3) is 0.400. The van der Waals surface area contributed by atoms with Crippen molar-refractivity contribution in [2.75, 3.05) is 11.9 Å². The maximum Gasteiger partial charge on any atom is 0.190 e. The molecule has 0 spiro atoms. The molecule has 0 unspecified atom stereocenters. The smallest absolute Gasteiger partial charge is 0.190 e. The molecule has 0 bridgehead atoms. The number of aromatic nitrogens is 1. The summed E-state index contributed by atoms with van der Waals surface area (Å²) in [7, 11) is 2.07. The molecular weight excluding hydrogens is 254 g/mol. The number of nitrogens with zero attached hydrogens (tertiary/aromatic N) is 2. The molecule has 4 heteroatoms. The van der Waals surface area contributed by atoms with Gasteiger partial charge < -0.3 is 10.6 Å². The molecular formula is C15H21N3S. The van der Waals surface area contributed by atoms with Gasteiger partial charge in [0.15, 0.2) is 5.13 Å². The SMILES string of the molecule is CCc1nc(N(C)c2ccc(C)cc2C)sc1CN. The quantitative estimate of drug-likeness (QED) is 0.928. The van der Waals surface area contributed by atoms with Crippen LogP contribution in [0.15, 0.2) is 18.2 Å². The molecule has 19 heavy (non-hydrogen) atoms. The number of hydrogen-bond acceptors (Lipinski definition) is 4. The first-order chi connectivity index (χ1) is 9.06. The van der Waals surface area contributed by atoms with Gasteiger partial charge >= 0.3 is 0 Å². The Bertz CT molecular complexity index is 553. The van der Waals surface area contributed by atoms with Crippen LogP contribution in [0.2, 0.25) is 0 Å². The van der Waals surface area contributed by atoms with Crippen LogP contribution in [-0.4, -0.2) is 12.0 Å². The molecule has 0 fully saturated rings. The highest BCUT2D eigenvalue weighted by atomic mass is 32.1. The number of rotatable bonds is 4. The van der Waals surface area contributed by atoms with E-state index in [0.717, 1.165) is 17.2 Å². The molecule has 3 nitrogen and oxygen atoms in total. The zero-order valence-electron chi connectivity index (χ0n) is 12.0. The van der Waals surface area contributed by atoms with E-state index >= 15 is 0 Å². The molecule has 0 aliphatic carbocycles. The Balaban J connectivity index is 2.38. The first-order valence-corrected chi connectivity index (χ1v) is 7.38. The topological polar surface area (TPSA) is 42.2 Å². The molecule has 2 N–H and O–H groups in total. The summed E-state index contributed by atoms with van der Waals surface area (Å²) in [4.78, 5) is 8.04. The fourth-order valence-electron chi connectivity index (χ4n) is 2.23. The second-order valence-corrected chi connectivity index (χ2v) is 5.84. The van der Waals surface area contributed by atoms with Gasteiger partial charge in [-0.25, -0.2) is 4.98 Å². The van der Waals surface area contributed by atoms with E-state index in [-0.39, 0.29) is 0 Å². The first-order valence-electron chi connectivity index (χ1n) is 6.56. The van der Waals surface area contributed by atoms with Gasteiger partial charge in [0, 0.05) is 24.2 Å². The molecule has 2 aromatic rings. The van der Waals surface area contributed by atoms with Crippen LogP contribution in [0.1, 0.15) is 28.6 Å². The number of aryl methyl sites for hydroxylation is 3. The minimum atomic E-state index is 0.571. The first kappa shape index (κ1) is 14.0. The van der Waals surface area contributed by atoms with E-state index in [1.165, 1.54) is 21.7 Å². The van der Waals surface area contributed by atoms with Gasteiger partial charge in [-0.15, -0.1) is 0 Å². The second kappa shape index (κ2) is 5.72. The summed E-state index contributed by atoms with van der Waals surface area (Å²) >= 11 is 1.69. The lowest BCUT2D eigenvalue weighted by atomic mass is 10.1. The average Bonchev–Trinajstić information content (AvgIpc) is 2.81. The molecule has 0 atom stereocenters. The molecule has 0 saturated heterocycles. The van der Waals surface area contributed by atoms with Crippen molar-refractivity contribution in [3.63, 3.8) is 0 Å². The number of anilines is 2. The van der Waals surface area contributed by atoms with E-state index in [1.807, 2.05) is 0 Å². The fourth-order valence-corrected chi connectivity index (χ4v) is 3.24. The molecule has 2 rings (SSSR count). The third kappa shape index (κ3) is 2.80. The van der Waals surface area contributed by atoms with Crippen molar-refractivity contribution in [1.82, 2.24) is 4.98 Å². The normalized spacial score (nSPS) is 10.8. The van der Waals surface area contributed by atoms with Gasteiger partial charge in [0.1, 0.15) is 0 Å². The summed E-state index contributed by atoms with van der Waals surface area (Å²) in [5.41, 5.74) is 10.7. The van der Waals surface area contributed by atoms with Gasteiger partial charge in [0.25, 0.3) is 0 Å². The van der Waals surface area contributed by atoms with Crippen molar-refractivity contribution in [1.29, 1.82) is 0 Å². The predicted octanol–water partition coefficient (Wildman–Crippen LogP) is 3.55. The Kier molecular flexibility index (Phi) is 4.22. The average molecular weight is 275 g/mol. The van der Waals surface area contributed by atoms with E-state index in [1.54, 1.807) is 11.3 Å². The van der Waals surface area contributed by atoms with E-state index in [2.05, 4.69) is 50.9 Å². The van der Waals surface area contributed by atoms with Crippen molar-refractivity contribution in [3.05, 3.63) is 39.9 Å². The van der Waals surface area contributed by atoms with Gasteiger partial charge in [-0.1, -0.05) is 36.0 Å². The van der Waals surface area contributed by atoms with E-state index in [0.29, 0.717) is 6.54 Å². The molecule has 102 valence electrons. The van der Waals surface area contributed by atoms with Crippen LogP contribution in [0.5, 0.6) is 0 Å². The van der Waals surface area contributed by atoms with Gasteiger partial charge in [0.2, 0.25) is 0 Å². The van der Waals surface area contributed by atoms with Crippen molar-refractivity contribution in [3.8, 4) is 0 Å². The monoisotopic (exact) mass is 275 g/mol. The standard InChI is InChI=1S/C15H21N3S/c1-5-12-14(9-16)19-15(17-12)18(4)13-7-6-10(2)8-11(13)3/h6-8H,5,9,16H2,1-4H3. The highest BCUT2D eigenvalue weighted by Crippen LogP contribution is 2.32. The zero-order valence-corrected chi connectivity index (χ0v) is 12.8. The van der Waals surface area contributed by atoms with E-state index < -0.39 is 0 Å². The Morgan fingerprint density at radius 3 is 2.58 bits per heavy atom. The second-order valence-electron chi connectivity index (χ2n) is 4.77. The molecule has 1 aromatic carbocycles. The highest BCUT2D eigenvalue weighted by molar-refractivity contribution is 7.15. The van der Waals surface area contributed by atoms with Crippen LogP contribution in [0, 0.1) is 13.8 Å². The number of nitrogens with two attached hydrogens (primary N) is 1. The summed E-state index contributed by atoms with van der Waals surface area (Å²) in [6, 6.07) is 6.49. The zero-order chi connectivity index (χ0) is 14.0. The minimum Gasteiger partial charge on any atom is -0.326 e. The molecule has 1 aromatic heterocycles. The maximum absolute atomic E-state index is 5.78. The van der Waals surface area contributed by atoms with Crippen LogP contribution >= 0.6 is 11.3 Å². The Morgan fingerprint density at radius 1 is 1.32 bits per heavy atom. The predicted molar refractivity (Wildman–Crippen MR) is 83.4 cm³/mol. The highest BCUT2D eigenvalue weighted by Gasteiger charge is 2.14. The molecule has 0 aliphatic heterocycles. The van der Waals surface area contributed by atoms with Crippen molar-refractivity contribution in [2.45, 2.75) is 33.7 Å². The van der Waals surface area contributed by atoms with Crippen molar-refractivity contribution >= 4 is 22.2 Å². The number of thiazole rings is 1. The molecule has 0 radical (unpaired) electrons. The summed E-state index contributed by atoms with van der Waals surface area (Å²) in [6.45, 7) is 6.94. The molecule has 1 heterocycles. The van der Waals surface area contributed by atoms with Crippen LogP contribution < -0.4 is 10.6 Å². The Morgan fingerprint density at radius 2 is 2.05 bits per heavy atom. The van der Waals surface area contributed by atoms with Gasteiger partial charge in [-0.3, -0.25) is 0 Å². The van der Waals surface area contributed by atoms with Crippen LogP contribution in [-0.2, 0) is 13.0 Å². The maximum atomic E-state index is 5.78. The Labute approximate surface area is 119 Å². The van der Waals surface area contributed by atoms with Crippen LogP contribution in [0.3, 0.4) is 0 Å². The summed E-state index contributed by atoms with van der Waals surface area (Å²) in [5.74, 6) is 0. The lowest BCUT2D eigenvalue weighted by Gasteiger charge is -2.18. The molecule has 0 saturated carbocycles. The van der Waals surface area contributed by atoms with Crippen molar-refractivity contribution in [2.24, 2.45) is 5.73 Å². The number of hydrogen-bond donors (Lipinski definition) is 1. The molecule has 0 amide bonds. The Hall–Kier alpha value is -1.39.